The van der Waals surface area contributed by atoms with Gasteiger partial charge in [-0.05, 0) is 24.6 Å². The number of aromatic nitrogens is 2. The van der Waals surface area contributed by atoms with Crippen molar-refractivity contribution in [2.24, 2.45) is 0 Å². The zero-order valence-corrected chi connectivity index (χ0v) is 12.1. The summed E-state index contributed by atoms with van der Waals surface area (Å²) in [5.41, 5.74) is 2.12. The second-order valence-corrected chi connectivity index (χ2v) is 5.34. The first kappa shape index (κ1) is 13.0. The molecular formula is C15H14N2O2S. The Morgan fingerprint density at radius 2 is 2.00 bits per heavy atom. The molecule has 3 aromatic rings. The van der Waals surface area contributed by atoms with E-state index in [1.54, 1.807) is 24.9 Å². The van der Waals surface area contributed by atoms with Crippen molar-refractivity contribution in [2.45, 2.75) is 17.7 Å². The zero-order valence-electron chi connectivity index (χ0n) is 11.3. The summed E-state index contributed by atoms with van der Waals surface area (Å²) in [6.45, 7) is 2.08. The lowest BCUT2D eigenvalue weighted by Crippen LogP contribution is -1.91. The van der Waals surface area contributed by atoms with E-state index < -0.39 is 0 Å². The lowest BCUT2D eigenvalue weighted by atomic mass is 10.2. The SMILES string of the molecule is COc1ccc(SCc2oc3ccccc3c2C)nn1. The number of hydrogen-bond donors (Lipinski definition) is 0. The van der Waals surface area contributed by atoms with E-state index in [0.29, 0.717) is 5.88 Å². The molecule has 3 rings (SSSR count). The molecule has 5 heteroatoms. The Kier molecular flexibility index (Phi) is 3.60. The van der Waals surface area contributed by atoms with Crippen molar-refractivity contribution in [3.8, 4) is 5.88 Å². The van der Waals surface area contributed by atoms with E-state index in [1.165, 1.54) is 10.9 Å². The molecule has 0 aliphatic carbocycles. The van der Waals surface area contributed by atoms with Gasteiger partial charge in [0.2, 0.25) is 5.88 Å². The Hall–Kier alpha value is -2.01. The predicted octanol–water partition coefficient (Wildman–Crippen LogP) is 3.83. The van der Waals surface area contributed by atoms with E-state index in [9.17, 15) is 0 Å². The smallest absolute Gasteiger partial charge is 0.233 e. The fourth-order valence-corrected chi connectivity index (χ4v) is 2.81. The van der Waals surface area contributed by atoms with E-state index >= 15 is 0 Å². The van der Waals surface area contributed by atoms with Crippen molar-refractivity contribution in [1.29, 1.82) is 0 Å². The van der Waals surface area contributed by atoms with Crippen LogP contribution in [0.2, 0.25) is 0 Å². The molecule has 0 saturated heterocycles. The maximum atomic E-state index is 5.87. The molecule has 0 aliphatic heterocycles. The average Bonchev–Trinajstić information content (AvgIpc) is 2.83. The fourth-order valence-electron chi connectivity index (χ4n) is 2.00. The summed E-state index contributed by atoms with van der Waals surface area (Å²) >= 11 is 1.60. The number of thioether (sulfide) groups is 1. The van der Waals surface area contributed by atoms with Crippen LogP contribution in [-0.4, -0.2) is 17.3 Å². The van der Waals surface area contributed by atoms with Crippen LogP contribution in [0.4, 0.5) is 0 Å². The number of ether oxygens (including phenoxy) is 1. The van der Waals surface area contributed by atoms with Gasteiger partial charge in [-0.1, -0.05) is 30.0 Å². The van der Waals surface area contributed by atoms with Gasteiger partial charge in [0.25, 0.3) is 0 Å². The van der Waals surface area contributed by atoms with Crippen molar-refractivity contribution in [3.63, 3.8) is 0 Å². The Morgan fingerprint density at radius 1 is 1.15 bits per heavy atom. The molecule has 2 aromatic heterocycles. The Labute approximate surface area is 121 Å². The number of aryl methyl sites for hydroxylation is 1. The van der Waals surface area contributed by atoms with Crippen molar-refractivity contribution in [2.75, 3.05) is 7.11 Å². The fraction of sp³-hybridized carbons (Fsp3) is 0.200. The lowest BCUT2D eigenvalue weighted by Gasteiger charge is -2.00. The molecule has 0 aliphatic rings. The van der Waals surface area contributed by atoms with Gasteiger partial charge in [0.15, 0.2) is 0 Å². The number of furan rings is 1. The average molecular weight is 286 g/mol. The van der Waals surface area contributed by atoms with E-state index in [-0.39, 0.29) is 0 Å². The van der Waals surface area contributed by atoms with Gasteiger partial charge in [0.1, 0.15) is 16.4 Å². The van der Waals surface area contributed by atoms with Gasteiger partial charge in [-0.15, -0.1) is 10.2 Å². The van der Waals surface area contributed by atoms with Crippen LogP contribution in [0.3, 0.4) is 0 Å². The van der Waals surface area contributed by atoms with E-state index in [1.807, 2.05) is 24.3 Å². The lowest BCUT2D eigenvalue weighted by molar-refractivity contribution is 0.390. The quantitative estimate of drug-likeness (QED) is 0.682. The topological polar surface area (TPSA) is 48.2 Å². The maximum Gasteiger partial charge on any atom is 0.233 e. The second kappa shape index (κ2) is 5.54. The van der Waals surface area contributed by atoms with Gasteiger partial charge < -0.3 is 9.15 Å². The van der Waals surface area contributed by atoms with Crippen LogP contribution in [0.1, 0.15) is 11.3 Å². The van der Waals surface area contributed by atoms with Gasteiger partial charge in [0, 0.05) is 11.5 Å². The molecule has 0 bridgehead atoms. The zero-order chi connectivity index (χ0) is 13.9. The predicted molar refractivity (Wildman–Crippen MR) is 79.1 cm³/mol. The molecule has 1 aromatic carbocycles. The molecule has 20 heavy (non-hydrogen) atoms. The summed E-state index contributed by atoms with van der Waals surface area (Å²) in [4.78, 5) is 0. The highest BCUT2D eigenvalue weighted by molar-refractivity contribution is 7.98. The number of rotatable bonds is 4. The van der Waals surface area contributed by atoms with Crippen LogP contribution in [0, 0.1) is 6.92 Å². The second-order valence-electron chi connectivity index (χ2n) is 4.35. The van der Waals surface area contributed by atoms with Crippen LogP contribution in [0.15, 0.2) is 45.8 Å². The Bertz CT molecular complexity index is 722. The Morgan fingerprint density at radius 3 is 2.70 bits per heavy atom. The molecular weight excluding hydrogens is 272 g/mol. The van der Waals surface area contributed by atoms with Crippen LogP contribution >= 0.6 is 11.8 Å². The van der Waals surface area contributed by atoms with Gasteiger partial charge in [-0.3, -0.25) is 0 Å². The highest BCUT2D eigenvalue weighted by Crippen LogP contribution is 2.29. The van der Waals surface area contributed by atoms with E-state index in [4.69, 9.17) is 9.15 Å². The normalized spacial score (nSPS) is 10.9. The standard InChI is InChI=1S/C15H14N2O2S/c1-10-11-5-3-4-6-12(11)19-13(10)9-20-15-8-7-14(18-2)16-17-15/h3-8H,9H2,1-2H3. The summed E-state index contributed by atoms with van der Waals surface area (Å²) in [5.74, 6) is 2.24. The minimum absolute atomic E-state index is 0.522. The molecule has 4 nitrogen and oxygen atoms in total. The third-order valence-corrected chi connectivity index (χ3v) is 4.04. The maximum absolute atomic E-state index is 5.87. The number of fused-ring (bicyclic) bond motifs is 1. The van der Waals surface area contributed by atoms with Crippen LogP contribution in [0.5, 0.6) is 5.88 Å². The third-order valence-electron chi connectivity index (χ3n) is 3.12. The number of para-hydroxylation sites is 1. The van der Waals surface area contributed by atoms with Crippen molar-refractivity contribution in [1.82, 2.24) is 10.2 Å². The summed E-state index contributed by atoms with van der Waals surface area (Å²) in [7, 11) is 1.58. The van der Waals surface area contributed by atoms with Crippen LogP contribution in [-0.2, 0) is 5.75 Å². The van der Waals surface area contributed by atoms with Gasteiger partial charge >= 0.3 is 0 Å². The highest BCUT2D eigenvalue weighted by Gasteiger charge is 2.10. The minimum Gasteiger partial charge on any atom is -0.480 e. The van der Waals surface area contributed by atoms with Crippen molar-refractivity contribution in [3.05, 3.63) is 47.7 Å². The molecule has 0 saturated carbocycles. The monoisotopic (exact) mass is 286 g/mol. The minimum atomic E-state index is 0.522. The molecule has 0 radical (unpaired) electrons. The van der Waals surface area contributed by atoms with Crippen molar-refractivity contribution < 1.29 is 9.15 Å². The van der Waals surface area contributed by atoms with Gasteiger partial charge in [-0.2, -0.15) is 0 Å². The summed E-state index contributed by atoms with van der Waals surface area (Å²) in [5, 5.41) is 10.1. The molecule has 0 fully saturated rings. The Balaban J connectivity index is 1.77. The number of nitrogens with zero attached hydrogens (tertiary/aromatic N) is 2. The number of methoxy groups -OCH3 is 1. The summed E-state index contributed by atoms with van der Waals surface area (Å²) in [6, 6.07) is 11.8. The summed E-state index contributed by atoms with van der Waals surface area (Å²) < 4.78 is 10.9. The molecule has 0 amide bonds. The first-order valence-electron chi connectivity index (χ1n) is 6.25. The number of hydrogen-bond acceptors (Lipinski definition) is 5. The van der Waals surface area contributed by atoms with Crippen molar-refractivity contribution >= 4 is 22.7 Å². The first-order valence-corrected chi connectivity index (χ1v) is 7.24. The van der Waals surface area contributed by atoms with Gasteiger partial charge in [0.05, 0.1) is 12.9 Å². The van der Waals surface area contributed by atoms with Crippen LogP contribution < -0.4 is 4.74 Å². The molecule has 2 heterocycles. The molecule has 0 N–H and O–H groups in total. The number of benzene rings is 1. The molecule has 102 valence electrons. The van der Waals surface area contributed by atoms with E-state index in [2.05, 4.69) is 23.2 Å². The van der Waals surface area contributed by atoms with Gasteiger partial charge in [-0.25, -0.2) is 0 Å². The molecule has 0 spiro atoms. The largest absolute Gasteiger partial charge is 0.480 e. The van der Waals surface area contributed by atoms with Crippen LogP contribution in [0.25, 0.3) is 11.0 Å². The van der Waals surface area contributed by atoms with E-state index in [0.717, 1.165) is 22.1 Å². The summed E-state index contributed by atoms with van der Waals surface area (Å²) in [6.07, 6.45) is 0. The highest BCUT2D eigenvalue weighted by atomic mass is 32.2. The molecule has 0 unspecified atom stereocenters. The first-order chi connectivity index (χ1) is 9.78. The molecule has 0 atom stereocenters. The third kappa shape index (κ3) is 2.49.